The zero-order valence-corrected chi connectivity index (χ0v) is 12.1. The van der Waals surface area contributed by atoms with Crippen molar-refractivity contribution >= 4 is 5.91 Å². The van der Waals surface area contributed by atoms with E-state index < -0.39 is 0 Å². The van der Waals surface area contributed by atoms with Gasteiger partial charge in [-0.1, -0.05) is 44.2 Å². The quantitative estimate of drug-likeness (QED) is 0.435. The van der Waals surface area contributed by atoms with Crippen molar-refractivity contribution < 1.29 is 9.53 Å². The van der Waals surface area contributed by atoms with Crippen LogP contribution in [-0.2, 0) is 9.53 Å². The summed E-state index contributed by atoms with van der Waals surface area (Å²) in [5, 5.41) is 2.83. The molecule has 0 aliphatic carbocycles. The van der Waals surface area contributed by atoms with E-state index in [1.165, 1.54) is 0 Å². The standard InChI is InChI=1S/C16H25NO2/c1-13(2)12-17-16(18)9-7-5-4-6-8-15-11-10-14(3)19-15/h4-5,7,9-11,13-15H,6,8,12H2,1-3H3,(H,17,18). The van der Waals surface area contributed by atoms with E-state index in [9.17, 15) is 4.79 Å². The summed E-state index contributed by atoms with van der Waals surface area (Å²) in [7, 11) is 0. The largest absolute Gasteiger partial charge is 0.367 e. The van der Waals surface area contributed by atoms with Gasteiger partial charge < -0.3 is 10.1 Å². The molecular weight excluding hydrogens is 238 g/mol. The molecule has 0 bridgehead atoms. The highest BCUT2D eigenvalue weighted by atomic mass is 16.5. The van der Waals surface area contributed by atoms with Gasteiger partial charge in [0.1, 0.15) is 0 Å². The lowest BCUT2D eigenvalue weighted by molar-refractivity contribution is -0.116. The topological polar surface area (TPSA) is 38.3 Å². The van der Waals surface area contributed by atoms with E-state index in [1.807, 2.05) is 13.0 Å². The van der Waals surface area contributed by atoms with Crippen molar-refractivity contribution in [3.8, 4) is 0 Å². The molecule has 0 aromatic carbocycles. The normalized spacial score (nSPS) is 22.9. The van der Waals surface area contributed by atoms with Crippen molar-refractivity contribution in [1.29, 1.82) is 0 Å². The monoisotopic (exact) mass is 263 g/mol. The summed E-state index contributed by atoms with van der Waals surface area (Å²) in [6.45, 7) is 6.91. The molecule has 106 valence electrons. The Kier molecular flexibility index (Phi) is 7.19. The summed E-state index contributed by atoms with van der Waals surface area (Å²) < 4.78 is 5.63. The number of rotatable bonds is 7. The highest BCUT2D eigenvalue weighted by molar-refractivity contribution is 5.87. The summed E-state index contributed by atoms with van der Waals surface area (Å²) >= 11 is 0. The Balaban J connectivity index is 2.09. The molecule has 1 aliphatic rings. The maximum absolute atomic E-state index is 11.4. The fraction of sp³-hybridized carbons (Fsp3) is 0.562. The number of amides is 1. The first-order valence-electron chi connectivity index (χ1n) is 7.02. The Morgan fingerprint density at radius 2 is 2.16 bits per heavy atom. The van der Waals surface area contributed by atoms with Crippen LogP contribution < -0.4 is 5.32 Å². The molecule has 3 nitrogen and oxygen atoms in total. The Morgan fingerprint density at radius 1 is 1.37 bits per heavy atom. The molecule has 0 spiro atoms. The van der Waals surface area contributed by atoms with Gasteiger partial charge in [0.05, 0.1) is 12.2 Å². The molecule has 1 rings (SSSR count). The van der Waals surface area contributed by atoms with Crippen LogP contribution in [-0.4, -0.2) is 24.7 Å². The number of nitrogens with one attached hydrogen (secondary N) is 1. The summed E-state index contributed by atoms with van der Waals surface area (Å²) in [6, 6.07) is 0. The lowest BCUT2D eigenvalue weighted by atomic mass is 10.2. The predicted molar refractivity (Wildman–Crippen MR) is 78.8 cm³/mol. The maximum atomic E-state index is 11.4. The summed E-state index contributed by atoms with van der Waals surface area (Å²) in [5.74, 6) is 0.448. The molecule has 0 fully saturated rings. The Bertz CT molecular complexity index is 356. The van der Waals surface area contributed by atoms with Gasteiger partial charge in [-0.25, -0.2) is 0 Å². The van der Waals surface area contributed by atoms with E-state index in [1.54, 1.807) is 12.2 Å². The van der Waals surface area contributed by atoms with Crippen LogP contribution in [0.5, 0.6) is 0 Å². The Labute approximate surface area is 116 Å². The van der Waals surface area contributed by atoms with E-state index in [-0.39, 0.29) is 18.1 Å². The molecular formula is C16H25NO2. The number of ether oxygens (including phenoxy) is 1. The maximum Gasteiger partial charge on any atom is 0.243 e. The van der Waals surface area contributed by atoms with Crippen molar-refractivity contribution in [1.82, 2.24) is 5.32 Å². The fourth-order valence-electron chi connectivity index (χ4n) is 1.75. The molecule has 1 heterocycles. The first-order valence-corrected chi connectivity index (χ1v) is 7.02. The van der Waals surface area contributed by atoms with Crippen molar-refractivity contribution in [2.45, 2.75) is 45.8 Å². The van der Waals surface area contributed by atoms with Crippen LogP contribution in [0, 0.1) is 5.92 Å². The average molecular weight is 263 g/mol. The minimum absolute atomic E-state index is 0.0331. The van der Waals surface area contributed by atoms with Gasteiger partial charge in [0.15, 0.2) is 0 Å². The van der Waals surface area contributed by atoms with Gasteiger partial charge in [-0.2, -0.15) is 0 Å². The van der Waals surface area contributed by atoms with E-state index in [0.717, 1.165) is 19.4 Å². The van der Waals surface area contributed by atoms with Crippen LogP contribution in [0.3, 0.4) is 0 Å². The zero-order chi connectivity index (χ0) is 14.1. The molecule has 0 aromatic rings. The van der Waals surface area contributed by atoms with Crippen LogP contribution in [0.1, 0.15) is 33.6 Å². The van der Waals surface area contributed by atoms with Crippen LogP contribution in [0.2, 0.25) is 0 Å². The van der Waals surface area contributed by atoms with Crippen molar-refractivity contribution in [2.75, 3.05) is 6.54 Å². The van der Waals surface area contributed by atoms with Gasteiger partial charge in [-0.15, -0.1) is 0 Å². The van der Waals surface area contributed by atoms with Crippen molar-refractivity contribution in [2.24, 2.45) is 5.92 Å². The second-order valence-electron chi connectivity index (χ2n) is 5.27. The highest BCUT2D eigenvalue weighted by Crippen LogP contribution is 2.15. The third kappa shape index (κ3) is 7.62. The zero-order valence-electron chi connectivity index (χ0n) is 12.1. The third-order valence-corrected chi connectivity index (χ3v) is 2.78. The number of hydrogen-bond donors (Lipinski definition) is 1. The lowest BCUT2D eigenvalue weighted by Gasteiger charge is -2.08. The summed E-state index contributed by atoms with van der Waals surface area (Å²) in [6.07, 6.45) is 14.0. The van der Waals surface area contributed by atoms with Crippen molar-refractivity contribution in [3.05, 3.63) is 36.5 Å². The Hall–Kier alpha value is -1.35. The lowest BCUT2D eigenvalue weighted by Crippen LogP contribution is -2.25. The minimum atomic E-state index is -0.0331. The molecule has 1 N–H and O–H groups in total. The molecule has 0 saturated heterocycles. The molecule has 0 saturated carbocycles. The van der Waals surface area contributed by atoms with E-state index in [0.29, 0.717) is 5.92 Å². The average Bonchev–Trinajstić information content (AvgIpc) is 2.77. The van der Waals surface area contributed by atoms with Gasteiger partial charge in [-0.3, -0.25) is 4.79 Å². The highest BCUT2D eigenvalue weighted by Gasteiger charge is 2.13. The van der Waals surface area contributed by atoms with Gasteiger partial charge >= 0.3 is 0 Å². The predicted octanol–water partition coefficient (Wildman–Crippen LogP) is 2.99. The Morgan fingerprint density at radius 3 is 2.79 bits per heavy atom. The molecule has 0 radical (unpaired) electrons. The van der Waals surface area contributed by atoms with Crippen LogP contribution in [0.4, 0.5) is 0 Å². The molecule has 0 aromatic heterocycles. The molecule has 19 heavy (non-hydrogen) atoms. The SMILES string of the molecule is CC(C)CNC(=O)C=CC=CCCC1C=CC(C)O1. The molecule has 1 amide bonds. The third-order valence-electron chi connectivity index (χ3n) is 2.78. The fourth-order valence-corrected chi connectivity index (χ4v) is 1.75. The van der Waals surface area contributed by atoms with E-state index >= 15 is 0 Å². The number of carbonyl (C=O) groups excluding carboxylic acids is 1. The smallest absolute Gasteiger partial charge is 0.243 e. The molecule has 2 atom stereocenters. The molecule has 1 aliphatic heterocycles. The first-order chi connectivity index (χ1) is 9.08. The van der Waals surface area contributed by atoms with Crippen LogP contribution in [0.25, 0.3) is 0 Å². The number of allylic oxidation sites excluding steroid dienone is 3. The van der Waals surface area contributed by atoms with Crippen molar-refractivity contribution in [3.63, 3.8) is 0 Å². The number of hydrogen-bond acceptors (Lipinski definition) is 2. The van der Waals surface area contributed by atoms with Crippen LogP contribution >= 0.6 is 0 Å². The van der Waals surface area contributed by atoms with Gasteiger partial charge in [0.25, 0.3) is 0 Å². The summed E-state index contributed by atoms with van der Waals surface area (Å²) in [5.41, 5.74) is 0. The van der Waals surface area contributed by atoms with E-state index in [4.69, 9.17) is 4.74 Å². The van der Waals surface area contributed by atoms with Gasteiger partial charge in [-0.05, 0) is 25.7 Å². The second-order valence-corrected chi connectivity index (χ2v) is 5.27. The number of carbonyl (C=O) groups is 1. The van der Waals surface area contributed by atoms with E-state index in [2.05, 4.69) is 37.4 Å². The van der Waals surface area contributed by atoms with Gasteiger partial charge in [0, 0.05) is 12.6 Å². The first kappa shape index (κ1) is 15.7. The second kappa shape index (κ2) is 8.70. The molecule has 3 heteroatoms. The molecule has 2 unspecified atom stereocenters. The van der Waals surface area contributed by atoms with Gasteiger partial charge in [0.2, 0.25) is 5.91 Å². The van der Waals surface area contributed by atoms with Crippen LogP contribution in [0.15, 0.2) is 36.5 Å². The summed E-state index contributed by atoms with van der Waals surface area (Å²) in [4.78, 5) is 11.4. The minimum Gasteiger partial charge on any atom is -0.367 e.